The molecule has 0 aromatic rings. The summed E-state index contributed by atoms with van der Waals surface area (Å²) in [5.41, 5.74) is -2.94. The maximum Gasteiger partial charge on any atom is 0.334 e. The number of esters is 2. The van der Waals surface area contributed by atoms with E-state index in [1.807, 2.05) is 0 Å². The number of ether oxygens (including phenoxy) is 2. The summed E-state index contributed by atoms with van der Waals surface area (Å²) in [5.74, 6) is -3.65. The second kappa shape index (κ2) is 5.63. The van der Waals surface area contributed by atoms with Crippen LogP contribution in [-0.4, -0.2) is 56.9 Å². The summed E-state index contributed by atoms with van der Waals surface area (Å²) in [4.78, 5) is 28.3. The van der Waals surface area contributed by atoms with Gasteiger partial charge in [0.1, 0.15) is 23.9 Å². The minimum absolute atomic E-state index is 0.0407. The first-order chi connectivity index (χ1) is 11.5. The van der Waals surface area contributed by atoms with Crippen LogP contribution in [0.3, 0.4) is 0 Å². The molecule has 1 saturated heterocycles. The molecule has 0 unspecified atom stereocenters. The lowest BCUT2D eigenvalue weighted by Gasteiger charge is -2.39. The Morgan fingerprint density at radius 1 is 1.40 bits per heavy atom. The van der Waals surface area contributed by atoms with Crippen LogP contribution in [0.15, 0.2) is 24.3 Å². The van der Waals surface area contributed by atoms with Crippen molar-refractivity contribution >= 4 is 11.9 Å². The Bertz CT molecular complexity index is 653. The smallest absolute Gasteiger partial charge is 0.334 e. The fourth-order valence-electron chi connectivity index (χ4n) is 4.41. The van der Waals surface area contributed by atoms with Crippen LogP contribution in [0.25, 0.3) is 0 Å². The van der Waals surface area contributed by atoms with Gasteiger partial charge in [0.2, 0.25) is 0 Å². The number of hydrogen-bond donors (Lipinski definition) is 3. The molecule has 0 aromatic heterocycles. The predicted octanol–water partition coefficient (Wildman–Crippen LogP) is 0.192. The van der Waals surface area contributed by atoms with Gasteiger partial charge in [-0.25, -0.2) is 9.68 Å². The van der Waals surface area contributed by atoms with Crippen molar-refractivity contribution in [2.45, 2.75) is 50.3 Å². The van der Waals surface area contributed by atoms with Crippen molar-refractivity contribution in [2.24, 2.45) is 17.8 Å². The van der Waals surface area contributed by atoms with Crippen LogP contribution in [0.5, 0.6) is 0 Å². The average Bonchev–Trinajstić information content (AvgIpc) is 3.01. The Balaban J connectivity index is 2.16. The van der Waals surface area contributed by atoms with Gasteiger partial charge in [0.05, 0.1) is 11.5 Å². The first-order valence-electron chi connectivity index (χ1n) is 8.04. The molecule has 8 atom stereocenters. The SMILES string of the molecule is C=C1C(=O)O[C@@H]2[C@@H]1[C@@H](OC(C)=O)[C@@H](O)[C@@](C)(O)[C@H]1C=C[C@](C)(OO)[C@H]21. The number of carbonyl (C=O) groups excluding carboxylic acids is 2. The number of rotatable bonds is 2. The minimum Gasteiger partial charge on any atom is -0.459 e. The summed E-state index contributed by atoms with van der Waals surface area (Å²) in [6.07, 6.45) is -0.465. The molecular weight excluding hydrogens is 332 g/mol. The normalized spacial score (nSPS) is 48.6. The molecule has 1 heterocycles. The van der Waals surface area contributed by atoms with Gasteiger partial charge in [0.25, 0.3) is 0 Å². The van der Waals surface area contributed by atoms with Crippen LogP contribution >= 0.6 is 0 Å². The van der Waals surface area contributed by atoms with Crippen LogP contribution in [0.2, 0.25) is 0 Å². The molecular formula is C17H22O8. The number of aliphatic hydroxyl groups is 2. The molecule has 2 fully saturated rings. The molecule has 25 heavy (non-hydrogen) atoms. The fraction of sp³-hybridized carbons (Fsp3) is 0.647. The molecule has 3 rings (SSSR count). The number of hydrogen-bond acceptors (Lipinski definition) is 8. The third kappa shape index (κ3) is 2.43. The van der Waals surface area contributed by atoms with E-state index in [1.165, 1.54) is 13.8 Å². The summed E-state index contributed by atoms with van der Waals surface area (Å²) >= 11 is 0. The second-order valence-electron chi connectivity index (χ2n) is 7.35. The molecule has 0 amide bonds. The molecule has 1 saturated carbocycles. The van der Waals surface area contributed by atoms with Crippen LogP contribution in [0.1, 0.15) is 20.8 Å². The van der Waals surface area contributed by atoms with Crippen molar-refractivity contribution in [3.63, 3.8) is 0 Å². The number of fused-ring (bicyclic) bond motifs is 3. The fourth-order valence-corrected chi connectivity index (χ4v) is 4.41. The van der Waals surface area contributed by atoms with E-state index in [0.29, 0.717) is 0 Å². The maximum absolute atomic E-state index is 12.1. The molecule has 8 heteroatoms. The van der Waals surface area contributed by atoms with Crippen LogP contribution < -0.4 is 0 Å². The van der Waals surface area contributed by atoms with Crippen molar-refractivity contribution < 1.29 is 39.4 Å². The zero-order chi connectivity index (χ0) is 18.7. The highest BCUT2D eigenvalue weighted by atomic mass is 17.1. The Morgan fingerprint density at radius 2 is 2.04 bits per heavy atom. The van der Waals surface area contributed by atoms with Gasteiger partial charge in [-0.1, -0.05) is 18.7 Å². The Morgan fingerprint density at radius 3 is 2.60 bits per heavy atom. The van der Waals surface area contributed by atoms with Gasteiger partial charge in [0.15, 0.2) is 0 Å². The van der Waals surface area contributed by atoms with E-state index >= 15 is 0 Å². The van der Waals surface area contributed by atoms with E-state index in [4.69, 9.17) is 9.47 Å². The van der Waals surface area contributed by atoms with Gasteiger partial charge in [-0.15, -0.1) is 0 Å². The summed E-state index contributed by atoms with van der Waals surface area (Å²) in [7, 11) is 0. The summed E-state index contributed by atoms with van der Waals surface area (Å²) in [6.45, 7) is 7.86. The zero-order valence-electron chi connectivity index (χ0n) is 14.2. The largest absolute Gasteiger partial charge is 0.459 e. The maximum atomic E-state index is 12.1. The first kappa shape index (κ1) is 18.1. The molecule has 0 aromatic carbocycles. The first-order valence-corrected chi connectivity index (χ1v) is 8.04. The van der Waals surface area contributed by atoms with Gasteiger partial charge < -0.3 is 19.7 Å². The third-order valence-electron chi connectivity index (χ3n) is 5.74. The van der Waals surface area contributed by atoms with Crippen molar-refractivity contribution in [3.05, 3.63) is 24.3 Å². The molecule has 8 nitrogen and oxygen atoms in total. The van der Waals surface area contributed by atoms with Crippen LogP contribution in [0.4, 0.5) is 0 Å². The third-order valence-corrected chi connectivity index (χ3v) is 5.74. The standard InChI is InChI=1S/C17H22O8/c1-7-10-12(24-15(7)20)11-9(5-6-16(11,3)25-22)17(4,21)14(19)13(10)23-8(2)18/h5-6,9-14,19,21-22H,1H2,2-4H3/t9-,10+,11-,12+,13+,14+,16-,17-/m0/s1. The van der Waals surface area contributed by atoms with E-state index in [0.717, 1.165) is 0 Å². The van der Waals surface area contributed by atoms with E-state index in [9.17, 15) is 25.1 Å². The van der Waals surface area contributed by atoms with Crippen molar-refractivity contribution in [1.29, 1.82) is 0 Å². The molecule has 3 N–H and O–H groups in total. The van der Waals surface area contributed by atoms with Crippen molar-refractivity contribution in [2.75, 3.05) is 0 Å². The molecule has 0 bridgehead atoms. The van der Waals surface area contributed by atoms with Crippen molar-refractivity contribution in [1.82, 2.24) is 0 Å². The minimum atomic E-state index is -1.73. The van der Waals surface area contributed by atoms with E-state index in [-0.39, 0.29) is 5.57 Å². The quantitative estimate of drug-likeness (QED) is 0.211. The van der Waals surface area contributed by atoms with Gasteiger partial charge >= 0.3 is 11.9 Å². The van der Waals surface area contributed by atoms with E-state index < -0.39 is 59.2 Å². The molecule has 3 aliphatic rings. The highest BCUT2D eigenvalue weighted by Gasteiger charge is 2.66. The molecule has 0 radical (unpaired) electrons. The lowest BCUT2D eigenvalue weighted by Crippen LogP contribution is -2.54. The molecule has 138 valence electrons. The van der Waals surface area contributed by atoms with Gasteiger partial charge in [-0.05, 0) is 13.8 Å². The van der Waals surface area contributed by atoms with Crippen LogP contribution in [-0.2, 0) is 24.0 Å². The predicted molar refractivity (Wildman–Crippen MR) is 82.9 cm³/mol. The Labute approximate surface area is 144 Å². The number of aliphatic hydroxyl groups excluding tert-OH is 1. The lowest BCUT2D eigenvalue weighted by atomic mass is 9.73. The van der Waals surface area contributed by atoms with Gasteiger partial charge in [-0.2, -0.15) is 0 Å². The topological polar surface area (TPSA) is 123 Å². The molecule has 2 aliphatic carbocycles. The Kier molecular flexibility index (Phi) is 4.07. The van der Waals surface area contributed by atoms with E-state index in [1.54, 1.807) is 19.1 Å². The highest BCUT2D eigenvalue weighted by Crippen LogP contribution is 2.54. The van der Waals surface area contributed by atoms with Gasteiger partial charge in [-0.3, -0.25) is 10.1 Å². The summed E-state index contributed by atoms with van der Waals surface area (Å²) < 4.78 is 10.7. The van der Waals surface area contributed by atoms with Gasteiger partial charge in [0, 0.05) is 24.3 Å². The zero-order valence-corrected chi connectivity index (χ0v) is 14.2. The lowest BCUT2D eigenvalue weighted by molar-refractivity contribution is -0.324. The van der Waals surface area contributed by atoms with Crippen molar-refractivity contribution in [3.8, 4) is 0 Å². The number of carbonyl (C=O) groups is 2. The second-order valence-corrected chi connectivity index (χ2v) is 7.35. The van der Waals surface area contributed by atoms with Crippen LogP contribution in [0, 0.1) is 17.8 Å². The monoisotopic (exact) mass is 354 g/mol. The van der Waals surface area contributed by atoms with E-state index in [2.05, 4.69) is 11.5 Å². The molecule has 0 spiro atoms. The molecule has 1 aliphatic heterocycles. The summed E-state index contributed by atoms with van der Waals surface area (Å²) in [5, 5.41) is 31.2. The average molecular weight is 354 g/mol. The summed E-state index contributed by atoms with van der Waals surface area (Å²) in [6, 6.07) is 0. The highest BCUT2D eigenvalue weighted by molar-refractivity contribution is 5.91. The Hall–Kier alpha value is -1.74.